The molecule has 0 fully saturated rings. The molecule has 13 heavy (non-hydrogen) atoms. The molecule has 1 aromatic rings. The lowest BCUT2D eigenvalue weighted by Gasteiger charge is -2.17. The molecule has 1 aliphatic rings. The molecule has 0 amide bonds. The molecule has 3 nitrogen and oxygen atoms in total. The summed E-state index contributed by atoms with van der Waals surface area (Å²) in [4.78, 5) is 4.58. The Hall–Kier alpha value is -1.06. The van der Waals surface area contributed by atoms with Gasteiger partial charge in [-0.1, -0.05) is 6.07 Å². The summed E-state index contributed by atoms with van der Waals surface area (Å²) in [5.41, 5.74) is 2.37. The van der Waals surface area contributed by atoms with E-state index in [0.717, 1.165) is 30.8 Å². The zero-order chi connectivity index (χ0) is 9.10. The Labute approximate surface area is 77.4 Å². The van der Waals surface area contributed by atoms with Crippen molar-refractivity contribution >= 4 is 0 Å². The van der Waals surface area contributed by atoms with Crippen LogP contribution in [0.25, 0.3) is 0 Å². The van der Waals surface area contributed by atoms with Gasteiger partial charge in [-0.05, 0) is 36.1 Å². The molecule has 1 heterocycles. The molecule has 1 aromatic carbocycles. The molecule has 3 heteroatoms. The third kappa shape index (κ3) is 1.82. The molecule has 2 N–H and O–H groups in total. The first-order valence-electron chi connectivity index (χ1n) is 4.46. The Morgan fingerprint density at radius 2 is 2.38 bits per heavy atom. The van der Waals surface area contributed by atoms with Crippen LogP contribution in [0.4, 0.5) is 0 Å². The summed E-state index contributed by atoms with van der Waals surface area (Å²) in [7, 11) is 0. The zero-order valence-corrected chi connectivity index (χ0v) is 7.45. The highest BCUT2D eigenvalue weighted by Crippen LogP contribution is 2.25. The van der Waals surface area contributed by atoms with Crippen LogP contribution in [-0.2, 0) is 17.9 Å². The summed E-state index contributed by atoms with van der Waals surface area (Å²) < 4.78 is 5.48. The van der Waals surface area contributed by atoms with Crippen LogP contribution in [0.1, 0.15) is 17.5 Å². The maximum Gasteiger partial charge on any atom is 0.122 e. The van der Waals surface area contributed by atoms with E-state index in [1.165, 1.54) is 5.56 Å². The third-order valence-corrected chi connectivity index (χ3v) is 2.22. The minimum atomic E-state index is 0.466. The second-order valence-corrected chi connectivity index (χ2v) is 3.21. The van der Waals surface area contributed by atoms with E-state index < -0.39 is 0 Å². The van der Waals surface area contributed by atoms with Gasteiger partial charge in [-0.2, -0.15) is 0 Å². The molecular formula is C10H13NO2. The fourth-order valence-electron chi connectivity index (χ4n) is 1.60. The average molecular weight is 179 g/mol. The number of rotatable bonds is 2. The van der Waals surface area contributed by atoms with Gasteiger partial charge in [-0.15, -0.1) is 0 Å². The first-order chi connectivity index (χ1) is 6.40. The van der Waals surface area contributed by atoms with Crippen LogP contribution in [0.2, 0.25) is 0 Å². The molecule has 0 radical (unpaired) electrons. The lowest BCUT2D eigenvalue weighted by molar-refractivity contribution is 0.124. The van der Waals surface area contributed by atoms with Crippen molar-refractivity contribution in [2.75, 3.05) is 6.61 Å². The van der Waals surface area contributed by atoms with Crippen molar-refractivity contribution in [3.05, 3.63) is 29.3 Å². The van der Waals surface area contributed by atoms with Gasteiger partial charge in [0, 0.05) is 0 Å². The number of benzene rings is 1. The molecule has 0 saturated heterocycles. The molecule has 0 aromatic heterocycles. The normalized spacial score (nSPS) is 14.8. The summed E-state index contributed by atoms with van der Waals surface area (Å²) in [6.45, 7) is 1.30. The molecule has 0 unspecified atom stereocenters. The molecule has 0 aliphatic carbocycles. The standard InChI is InChI=1S/C10H13NO2/c11-13-7-8-3-4-10-9(6-8)2-1-5-12-10/h3-4,6H,1-2,5,7,11H2. The van der Waals surface area contributed by atoms with Crippen LogP contribution in [0.3, 0.4) is 0 Å². The monoisotopic (exact) mass is 179 g/mol. The van der Waals surface area contributed by atoms with Crippen molar-refractivity contribution in [3.8, 4) is 5.75 Å². The number of ether oxygens (including phenoxy) is 1. The van der Waals surface area contributed by atoms with E-state index in [1.54, 1.807) is 0 Å². The molecular weight excluding hydrogens is 166 g/mol. The van der Waals surface area contributed by atoms with E-state index in [2.05, 4.69) is 10.9 Å². The van der Waals surface area contributed by atoms with Crippen LogP contribution in [0.5, 0.6) is 5.75 Å². The number of fused-ring (bicyclic) bond motifs is 1. The van der Waals surface area contributed by atoms with E-state index >= 15 is 0 Å². The Bertz CT molecular complexity index is 299. The topological polar surface area (TPSA) is 44.5 Å². The maximum atomic E-state index is 5.48. The van der Waals surface area contributed by atoms with Crippen molar-refractivity contribution in [2.45, 2.75) is 19.4 Å². The predicted octanol–water partition coefficient (Wildman–Crippen LogP) is 1.40. The minimum Gasteiger partial charge on any atom is -0.493 e. The van der Waals surface area contributed by atoms with Crippen LogP contribution in [-0.4, -0.2) is 6.61 Å². The molecule has 0 bridgehead atoms. The van der Waals surface area contributed by atoms with Gasteiger partial charge in [0.05, 0.1) is 13.2 Å². The van der Waals surface area contributed by atoms with Gasteiger partial charge in [0.2, 0.25) is 0 Å². The van der Waals surface area contributed by atoms with Gasteiger partial charge in [-0.25, -0.2) is 5.90 Å². The van der Waals surface area contributed by atoms with Crippen LogP contribution in [0, 0.1) is 0 Å². The van der Waals surface area contributed by atoms with Gasteiger partial charge in [0.1, 0.15) is 5.75 Å². The van der Waals surface area contributed by atoms with Crippen molar-refractivity contribution in [3.63, 3.8) is 0 Å². The largest absolute Gasteiger partial charge is 0.493 e. The van der Waals surface area contributed by atoms with E-state index in [-0.39, 0.29) is 0 Å². The zero-order valence-electron chi connectivity index (χ0n) is 7.45. The second-order valence-electron chi connectivity index (χ2n) is 3.21. The second kappa shape index (κ2) is 3.77. The molecule has 0 spiro atoms. The van der Waals surface area contributed by atoms with Gasteiger partial charge >= 0.3 is 0 Å². The highest BCUT2D eigenvalue weighted by atomic mass is 16.6. The van der Waals surface area contributed by atoms with Crippen molar-refractivity contribution < 1.29 is 9.57 Å². The summed E-state index contributed by atoms with van der Waals surface area (Å²) in [5, 5.41) is 0. The summed E-state index contributed by atoms with van der Waals surface area (Å²) in [5.74, 6) is 6.01. The molecule has 1 aliphatic heterocycles. The SMILES string of the molecule is NOCc1ccc2c(c1)CCCO2. The maximum absolute atomic E-state index is 5.48. The molecule has 2 rings (SSSR count). The first-order valence-corrected chi connectivity index (χ1v) is 4.46. The van der Waals surface area contributed by atoms with Crippen LogP contribution >= 0.6 is 0 Å². The van der Waals surface area contributed by atoms with Crippen molar-refractivity contribution in [1.29, 1.82) is 0 Å². The Balaban J connectivity index is 2.24. The van der Waals surface area contributed by atoms with E-state index in [9.17, 15) is 0 Å². The molecule has 0 atom stereocenters. The Kier molecular flexibility index (Phi) is 2.47. The fourth-order valence-corrected chi connectivity index (χ4v) is 1.60. The summed E-state index contributed by atoms with van der Waals surface area (Å²) >= 11 is 0. The first kappa shape index (κ1) is 8.53. The van der Waals surface area contributed by atoms with E-state index in [1.807, 2.05) is 12.1 Å². The lowest BCUT2D eigenvalue weighted by atomic mass is 10.0. The van der Waals surface area contributed by atoms with Gasteiger partial charge < -0.3 is 4.74 Å². The Morgan fingerprint density at radius 3 is 3.23 bits per heavy atom. The average Bonchev–Trinajstić information content (AvgIpc) is 2.18. The minimum absolute atomic E-state index is 0.466. The molecule has 0 saturated carbocycles. The predicted molar refractivity (Wildman–Crippen MR) is 49.2 cm³/mol. The number of hydrogen-bond acceptors (Lipinski definition) is 3. The number of hydrogen-bond donors (Lipinski definition) is 1. The van der Waals surface area contributed by atoms with Gasteiger partial charge in [0.15, 0.2) is 0 Å². The van der Waals surface area contributed by atoms with E-state index in [0.29, 0.717) is 6.61 Å². The summed E-state index contributed by atoms with van der Waals surface area (Å²) in [6.07, 6.45) is 2.19. The van der Waals surface area contributed by atoms with Crippen molar-refractivity contribution in [2.24, 2.45) is 5.90 Å². The number of nitrogens with two attached hydrogens (primary N) is 1. The van der Waals surface area contributed by atoms with E-state index in [4.69, 9.17) is 10.6 Å². The van der Waals surface area contributed by atoms with Crippen molar-refractivity contribution in [1.82, 2.24) is 0 Å². The third-order valence-electron chi connectivity index (χ3n) is 2.22. The smallest absolute Gasteiger partial charge is 0.122 e. The number of aryl methyl sites for hydroxylation is 1. The molecule has 70 valence electrons. The Morgan fingerprint density at radius 1 is 1.46 bits per heavy atom. The lowest BCUT2D eigenvalue weighted by Crippen LogP contribution is -2.09. The highest BCUT2D eigenvalue weighted by Gasteiger charge is 2.09. The fraction of sp³-hybridized carbons (Fsp3) is 0.400. The van der Waals surface area contributed by atoms with Gasteiger partial charge in [-0.3, -0.25) is 4.84 Å². The van der Waals surface area contributed by atoms with Crippen LogP contribution < -0.4 is 10.6 Å². The highest BCUT2D eigenvalue weighted by molar-refractivity contribution is 5.38. The van der Waals surface area contributed by atoms with Crippen LogP contribution in [0.15, 0.2) is 18.2 Å². The summed E-state index contributed by atoms with van der Waals surface area (Å²) in [6, 6.07) is 6.07. The quantitative estimate of drug-likeness (QED) is 0.698. The van der Waals surface area contributed by atoms with Gasteiger partial charge in [0.25, 0.3) is 0 Å².